The molecule has 2 saturated heterocycles. The molecule has 3 nitrogen and oxygen atoms in total. The van der Waals surface area contributed by atoms with Gasteiger partial charge in [-0.1, -0.05) is 27.7 Å². The molecular formula is C13H25NO2. The van der Waals surface area contributed by atoms with Crippen LogP contribution in [0.15, 0.2) is 0 Å². The van der Waals surface area contributed by atoms with Gasteiger partial charge in [0.15, 0.2) is 5.79 Å². The molecule has 0 aliphatic carbocycles. The predicted octanol–water partition coefficient (Wildman–Crippen LogP) is 2.26. The molecule has 2 fully saturated rings. The van der Waals surface area contributed by atoms with Crippen LogP contribution in [0.3, 0.4) is 0 Å². The first kappa shape index (κ1) is 12.3. The fourth-order valence-electron chi connectivity index (χ4n) is 2.95. The van der Waals surface area contributed by atoms with Gasteiger partial charge in [-0.2, -0.15) is 0 Å². The van der Waals surface area contributed by atoms with E-state index in [9.17, 15) is 0 Å². The molecule has 0 bridgehead atoms. The number of hydrogen-bond donors (Lipinski definition) is 0. The summed E-state index contributed by atoms with van der Waals surface area (Å²) < 4.78 is 11.7. The van der Waals surface area contributed by atoms with Crippen LogP contribution in [-0.4, -0.2) is 43.0 Å². The second-order valence-corrected chi connectivity index (χ2v) is 5.73. The van der Waals surface area contributed by atoms with Gasteiger partial charge in [0.1, 0.15) is 0 Å². The molecule has 2 heterocycles. The third-order valence-electron chi connectivity index (χ3n) is 4.42. The van der Waals surface area contributed by atoms with E-state index in [2.05, 4.69) is 32.6 Å². The predicted molar refractivity (Wildman–Crippen MR) is 64.4 cm³/mol. The molecule has 1 spiro atoms. The lowest BCUT2D eigenvalue weighted by atomic mass is 9.80. The SMILES string of the molecule is CCN1CC2(CC1C(C)(C)CC)OCCO2. The zero-order valence-corrected chi connectivity index (χ0v) is 11.1. The Kier molecular flexibility index (Phi) is 3.30. The van der Waals surface area contributed by atoms with Gasteiger partial charge in [-0.3, -0.25) is 4.90 Å². The second kappa shape index (κ2) is 4.28. The Morgan fingerprint density at radius 1 is 1.25 bits per heavy atom. The Balaban J connectivity index is 2.13. The van der Waals surface area contributed by atoms with Crippen molar-refractivity contribution in [3.8, 4) is 0 Å². The van der Waals surface area contributed by atoms with E-state index in [1.165, 1.54) is 6.42 Å². The summed E-state index contributed by atoms with van der Waals surface area (Å²) in [5.41, 5.74) is 0.342. The molecule has 0 saturated carbocycles. The average molecular weight is 227 g/mol. The summed E-state index contributed by atoms with van der Waals surface area (Å²) in [5.74, 6) is -0.285. The van der Waals surface area contributed by atoms with Gasteiger partial charge in [0, 0.05) is 12.5 Å². The van der Waals surface area contributed by atoms with Crippen LogP contribution < -0.4 is 0 Å². The molecule has 1 atom stereocenters. The summed E-state index contributed by atoms with van der Waals surface area (Å²) in [6.07, 6.45) is 2.23. The second-order valence-electron chi connectivity index (χ2n) is 5.73. The van der Waals surface area contributed by atoms with Crippen LogP contribution in [-0.2, 0) is 9.47 Å². The highest BCUT2D eigenvalue weighted by molar-refractivity contribution is 4.99. The number of likely N-dealkylation sites (tertiary alicyclic amines) is 1. The van der Waals surface area contributed by atoms with E-state index < -0.39 is 0 Å². The molecule has 2 aliphatic rings. The minimum Gasteiger partial charge on any atom is -0.346 e. The van der Waals surface area contributed by atoms with Gasteiger partial charge >= 0.3 is 0 Å². The highest BCUT2D eigenvalue weighted by Gasteiger charge is 2.51. The summed E-state index contributed by atoms with van der Waals surface area (Å²) in [5, 5.41) is 0. The molecule has 0 N–H and O–H groups in total. The number of rotatable bonds is 3. The van der Waals surface area contributed by atoms with Crippen LogP contribution in [0.2, 0.25) is 0 Å². The van der Waals surface area contributed by atoms with Crippen LogP contribution in [0.25, 0.3) is 0 Å². The molecule has 94 valence electrons. The van der Waals surface area contributed by atoms with Crippen molar-refractivity contribution in [2.45, 2.75) is 52.4 Å². The molecule has 1 unspecified atom stereocenters. The minimum atomic E-state index is -0.285. The summed E-state index contributed by atoms with van der Waals surface area (Å²) in [6, 6.07) is 0.584. The van der Waals surface area contributed by atoms with Crippen LogP contribution in [0.1, 0.15) is 40.5 Å². The van der Waals surface area contributed by atoms with Crippen molar-refractivity contribution >= 4 is 0 Å². The molecule has 2 aliphatic heterocycles. The number of ether oxygens (including phenoxy) is 2. The maximum Gasteiger partial charge on any atom is 0.182 e. The molecule has 0 aromatic carbocycles. The molecule has 2 rings (SSSR count). The van der Waals surface area contributed by atoms with E-state index in [-0.39, 0.29) is 5.79 Å². The lowest BCUT2D eigenvalue weighted by Gasteiger charge is -2.36. The van der Waals surface area contributed by atoms with E-state index in [0.29, 0.717) is 11.5 Å². The maximum absolute atomic E-state index is 5.84. The van der Waals surface area contributed by atoms with Crippen molar-refractivity contribution < 1.29 is 9.47 Å². The van der Waals surface area contributed by atoms with Gasteiger partial charge in [0.05, 0.1) is 19.8 Å². The lowest BCUT2D eigenvalue weighted by molar-refractivity contribution is -0.146. The zero-order chi connectivity index (χ0) is 11.8. The van der Waals surface area contributed by atoms with Crippen molar-refractivity contribution in [3.05, 3.63) is 0 Å². The Morgan fingerprint density at radius 3 is 2.38 bits per heavy atom. The molecule has 0 amide bonds. The van der Waals surface area contributed by atoms with E-state index in [1.54, 1.807) is 0 Å². The third-order valence-corrected chi connectivity index (χ3v) is 4.42. The van der Waals surface area contributed by atoms with E-state index in [0.717, 1.165) is 32.7 Å². The van der Waals surface area contributed by atoms with Crippen LogP contribution in [0, 0.1) is 5.41 Å². The quantitative estimate of drug-likeness (QED) is 0.738. The van der Waals surface area contributed by atoms with Crippen molar-refractivity contribution in [1.82, 2.24) is 4.90 Å². The van der Waals surface area contributed by atoms with Crippen LogP contribution in [0.5, 0.6) is 0 Å². The lowest BCUT2D eigenvalue weighted by Crippen LogP contribution is -2.40. The fourth-order valence-corrected chi connectivity index (χ4v) is 2.95. The topological polar surface area (TPSA) is 21.7 Å². The van der Waals surface area contributed by atoms with E-state index in [4.69, 9.17) is 9.47 Å². The minimum absolute atomic E-state index is 0.285. The summed E-state index contributed by atoms with van der Waals surface area (Å²) in [6.45, 7) is 12.8. The first-order chi connectivity index (χ1) is 7.53. The molecular weight excluding hydrogens is 202 g/mol. The monoisotopic (exact) mass is 227 g/mol. The van der Waals surface area contributed by atoms with E-state index in [1.807, 2.05) is 0 Å². The molecule has 0 radical (unpaired) electrons. The fraction of sp³-hybridized carbons (Fsp3) is 1.00. The third kappa shape index (κ3) is 2.01. The Morgan fingerprint density at radius 2 is 1.88 bits per heavy atom. The van der Waals surface area contributed by atoms with E-state index >= 15 is 0 Å². The van der Waals surface area contributed by atoms with Gasteiger partial charge < -0.3 is 9.47 Å². The largest absolute Gasteiger partial charge is 0.346 e. The van der Waals surface area contributed by atoms with Crippen molar-refractivity contribution in [2.24, 2.45) is 5.41 Å². The number of nitrogens with zero attached hydrogens (tertiary/aromatic N) is 1. The Bertz CT molecular complexity index is 246. The van der Waals surface area contributed by atoms with Gasteiger partial charge in [-0.15, -0.1) is 0 Å². The summed E-state index contributed by atoms with van der Waals surface area (Å²) >= 11 is 0. The highest BCUT2D eigenvalue weighted by atomic mass is 16.7. The Labute approximate surface area is 99.1 Å². The summed E-state index contributed by atoms with van der Waals surface area (Å²) in [4.78, 5) is 2.52. The number of likely N-dealkylation sites (N-methyl/N-ethyl adjacent to an activating group) is 1. The number of hydrogen-bond acceptors (Lipinski definition) is 3. The van der Waals surface area contributed by atoms with Crippen molar-refractivity contribution in [1.29, 1.82) is 0 Å². The molecule has 3 heteroatoms. The van der Waals surface area contributed by atoms with Gasteiger partial charge in [0.2, 0.25) is 0 Å². The molecule has 16 heavy (non-hydrogen) atoms. The Hall–Kier alpha value is -0.120. The van der Waals surface area contributed by atoms with Crippen molar-refractivity contribution in [3.63, 3.8) is 0 Å². The van der Waals surface area contributed by atoms with Gasteiger partial charge in [-0.25, -0.2) is 0 Å². The van der Waals surface area contributed by atoms with Crippen LogP contribution >= 0.6 is 0 Å². The summed E-state index contributed by atoms with van der Waals surface area (Å²) in [7, 11) is 0. The first-order valence-electron chi connectivity index (χ1n) is 6.55. The van der Waals surface area contributed by atoms with Crippen LogP contribution in [0.4, 0.5) is 0 Å². The molecule has 0 aromatic heterocycles. The first-order valence-corrected chi connectivity index (χ1v) is 6.55. The van der Waals surface area contributed by atoms with Crippen molar-refractivity contribution in [2.75, 3.05) is 26.3 Å². The smallest absolute Gasteiger partial charge is 0.182 e. The van der Waals surface area contributed by atoms with Gasteiger partial charge in [-0.05, 0) is 18.4 Å². The maximum atomic E-state index is 5.84. The molecule has 0 aromatic rings. The zero-order valence-electron chi connectivity index (χ0n) is 11.1. The highest BCUT2D eigenvalue weighted by Crippen LogP contribution is 2.42. The standard InChI is InChI=1S/C13H25NO2/c1-5-12(3,4)11-9-13(10-14(11)6-2)15-7-8-16-13/h11H,5-10H2,1-4H3. The average Bonchev–Trinajstić information content (AvgIpc) is 2.87. The van der Waals surface area contributed by atoms with Gasteiger partial charge in [0.25, 0.3) is 0 Å². The normalized spacial score (nSPS) is 30.4.